The smallest absolute Gasteiger partial charge is 0.152 e. The van der Waals surface area contributed by atoms with E-state index < -0.39 is 0 Å². The monoisotopic (exact) mass is 435 g/mol. The molecule has 0 atom stereocenters. The van der Waals surface area contributed by atoms with Crippen molar-refractivity contribution in [2.75, 3.05) is 0 Å². The van der Waals surface area contributed by atoms with E-state index in [2.05, 4.69) is 58.5 Å². The number of halogens is 1. The Morgan fingerprint density at radius 3 is 2.63 bits per heavy atom. The van der Waals surface area contributed by atoms with E-state index in [-0.39, 0.29) is 0 Å². The van der Waals surface area contributed by atoms with Gasteiger partial charge in [-0.25, -0.2) is 11.4 Å². The van der Waals surface area contributed by atoms with Gasteiger partial charge in [0.1, 0.15) is 0 Å². The highest BCUT2D eigenvalue weighted by atomic mass is 35.5. The fourth-order valence-electron chi connectivity index (χ4n) is 3.49. The molecule has 0 radical (unpaired) electrons. The molecule has 0 unspecified atom stereocenters. The van der Waals surface area contributed by atoms with Crippen LogP contribution in [0.25, 0.3) is 10.9 Å². The summed E-state index contributed by atoms with van der Waals surface area (Å²) in [6.45, 7) is 2.93. The molecule has 4 aromatic rings. The normalized spacial score (nSPS) is 11.8. The van der Waals surface area contributed by atoms with Crippen LogP contribution in [-0.4, -0.2) is 10.4 Å². The maximum absolute atomic E-state index is 6.34. The molecule has 152 valence electrons. The van der Waals surface area contributed by atoms with Crippen LogP contribution >= 0.6 is 23.4 Å². The van der Waals surface area contributed by atoms with E-state index in [1.807, 2.05) is 36.4 Å². The Hall–Kier alpha value is -2.93. The fourth-order valence-corrected chi connectivity index (χ4v) is 4.76. The maximum Gasteiger partial charge on any atom is 0.152 e. The summed E-state index contributed by atoms with van der Waals surface area (Å²) < 4.78 is 2.32. The number of rotatable bonds is 6. The number of nitrogens with two attached hydrogens (primary N) is 2. The van der Waals surface area contributed by atoms with E-state index >= 15 is 0 Å². The van der Waals surface area contributed by atoms with Crippen molar-refractivity contribution in [2.45, 2.75) is 23.3 Å². The van der Waals surface area contributed by atoms with Crippen LogP contribution in [0.15, 0.2) is 87.7 Å². The zero-order valence-electron chi connectivity index (χ0n) is 16.5. The van der Waals surface area contributed by atoms with Crippen LogP contribution in [0.2, 0.25) is 5.02 Å². The molecule has 0 amide bonds. The van der Waals surface area contributed by atoms with Crippen LogP contribution in [0.1, 0.15) is 16.8 Å². The van der Waals surface area contributed by atoms with Gasteiger partial charge >= 0.3 is 0 Å². The second kappa shape index (κ2) is 8.83. The highest BCUT2D eigenvalue weighted by molar-refractivity contribution is 7.99. The van der Waals surface area contributed by atoms with Crippen molar-refractivity contribution in [1.29, 1.82) is 0 Å². The molecular weight excluding hydrogens is 414 g/mol. The number of hydrogen-bond acceptors (Lipinski definition) is 4. The molecule has 30 heavy (non-hydrogen) atoms. The molecule has 1 heterocycles. The highest BCUT2D eigenvalue weighted by Gasteiger charge is 2.16. The van der Waals surface area contributed by atoms with Crippen molar-refractivity contribution < 1.29 is 0 Å². The standard InChI is InChI=1S/C23H22ClN5S/c1-15-22(30-19-9-5-8-17(12-19)23(25)27-28-26)20-11-10-18(24)13-21(20)29(15)14-16-6-3-2-4-7-16/h2-13,28H,14,26H2,1H3,(H2,25,27). The van der Waals surface area contributed by atoms with Crippen molar-refractivity contribution in [2.24, 2.45) is 16.7 Å². The number of hydrazone groups is 1. The third-order valence-corrected chi connectivity index (χ3v) is 6.39. The molecule has 5 nitrogen and oxygen atoms in total. The molecule has 0 aliphatic rings. The van der Waals surface area contributed by atoms with Crippen molar-refractivity contribution in [3.63, 3.8) is 0 Å². The number of hydrogen-bond donors (Lipinski definition) is 3. The Kier molecular flexibility index (Phi) is 5.99. The zero-order chi connectivity index (χ0) is 21.1. The summed E-state index contributed by atoms with van der Waals surface area (Å²) in [5.41, 5.74) is 12.6. The number of hydrazine groups is 1. The molecule has 5 N–H and O–H groups in total. The molecule has 0 saturated carbocycles. The Labute approximate surface area is 184 Å². The van der Waals surface area contributed by atoms with Crippen molar-refractivity contribution in [3.05, 3.63) is 94.6 Å². The van der Waals surface area contributed by atoms with Gasteiger partial charge in [-0.15, -0.1) is 5.10 Å². The van der Waals surface area contributed by atoms with Gasteiger partial charge in [0.25, 0.3) is 0 Å². The molecule has 0 aliphatic heterocycles. The lowest BCUT2D eigenvalue weighted by molar-refractivity contribution is 0.794. The lowest BCUT2D eigenvalue weighted by Gasteiger charge is -2.09. The molecule has 0 fully saturated rings. The third-order valence-electron chi connectivity index (χ3n) is 4.95. The predicted molar refractivity (Wildman–Crippen MR) is 126 cm³/mol. The number of amidine groups is 1. The van der Waals surface area contributed by atoms with Crippen LogP contribution < -0.4 is 17.1 Å². The summed E-state index contributed by atoms with van der Waals surface area (Å²) in [4.78, 5) is 2.27. The number of aromatic nitrogens is 1. The van der Waals surface area contributed by atoms with Gasteiger partial charge in [0, 0.05) is 38.0 Å². The topological polar surface area (TPSA) is 81.4 Å². The van der Waals surface area contributed by atoms with E-state index in [0.717, 1.165) is 27.5 Å². The Balaban J connectivity index is 1.77. The first-order valence-electron chi connectivity index (χ1n) is 9.46. The number of nitrogens with one attached hydrogen (secondary N) is 1. The highest BCUT2D eigenvalue weighted by Crippen LogP contribution is 2.39. The fraction of sp³-hybridized carbons (Fsp3) is 0.0870. The molecular formula is C23H22ClN5S. The summed E-state index contributed by atoms with van der Waals surface area (Å²) in [6.07, 6.45) is 0. The van der Waals surface area contributed by atoms with E-state index in [9.17, 15) is 0 Å². The largest absolute Gasteiger partial charge is 0.382 e. The number of nitrogens with zero attached hydrogens (tertiary/aromatic N) is 2. The van der Waals surface area contributed by atoms with Crippen LogP contribution in [0.4, 0.5) is 0 Å². The summed E-state index contributed by atoms with van der Waals surface area (Å²) in [6, 6.07) is 24.4. The second-order valence-electron chi connectivity index (χ2n) is 6.90. The molecule has 0 saturated heterocycles. The molecule has 7 heteroatoms. The minimum Gasteiger partial charge on any atom is -0.382 e. The van der Waals surface area contributed by atoms with Gasteiger partial charge in [0.05, 0.1) is 5.52 Å². The van der Waals surface area contributed by atoms with E-state index in [4.69, 9.17) is 23.2 Å². The molecule has 4 rings (SSSR count). The SMILES string of the molecule is Cc1c(Sc2cccc(/C(N)=N/NN)c2)c2ccc(Cl)cc2n1Cc1ccccc1. The minimum absolute atomic E-state index is 0.343. The third kappa shape index (κ3) is 4.16. The minimum atomic E-state index is 0.343. The van der Waals surface area contributed by atoms with Gasteiger partial charge in [0.15, 0.2) is 5.84 Å². The van der Waals surface area contributed by atoms with Gasteiger partial charge in [-0.1, -0.05) is 71.9 Å². The maximum atomic E-state index is 6.34. The Morgan fingerprint density at radius 1 is 1.07 bits per heavy atom. The molecule has 0 spiro atoms. The zero-order valence-corrected chi connectivity index (χ0v) is 18.0. The second-order valence-corrected chi connectivity index (χ2v) is 8.42. The average molecular weight is 436 g/mol. The average Bonchev–Trinajstić information content (AvgIpc) is 3.00. The first kappa shape index (κ1) is 20.3. The summed E-state index contributed by atoms with van der Waals surface area (Å²) in [5, 5.41) is 5.77. The Morgan fingerprint density at radius 2 is 1.87 bits per heavy atom. The van der Waals surface area contributed by atoms with Gasteiger partial charge in [0.2, 0.25) is 0 Å². The Bertz CT molecular complexity index is 1220. The number of benzene rings is 3. The van der Waals surface area contributed by atoms with Crippen LogP contribution in [0.5, 0.6) is 0 Å². The first-order chi connectivity index (χ1) is 14.6. The molecule has 1 aromatic heterocycles. The van der Waals surface area contributed by atoms with Crippen molar-refractivity contribution >= 4 is 40.1 Å². The lowest BCUT2D eigenvalue weighted by Crippen LogP contribution is -2.22. The van der Waals surface area contributed by atoms with Crippen molar-refractivity contribution in [3.8, 4) is 0 Å². The summed E-state index contributed by atoms with van der Waals surface area (Å²) >= 11 is 8.04. The van der Waals surface area contributed by atoms with Crippen LogP contribution in [0, 0.1) is 6.92 Å². The van der Waals surface area contributed by atoms with Crippen LogP contribution in [0.3, 0.4) is 0 Å². The number of fused-ring (bicyclic) bond motifs is 1. The first-order valence-corrected chi connectivity index (χ1v) is 10.7. The predicted octanol–water partition coefficient (Wildman–Crippen LogP) is 4.89. The van der Waals surface area contributed by atoms with Gasteiger partial charge in [-0.2, -0.15) is 0 Å². The quantitative estimate of drug-likeness (QED) is 0.174. The molecule has 3 aromatic carbocycles. The molecule has 0 aliphatic carbocycles. The van der Waals surface area contributed by atoms with Gasteiger partial charge < -0.3 is 10.3 Å². The summed E-state index contributed by atoms with van der Waals surface area (Å²) in [7, 11) is 0. The summed E-state index contributed by atoms with van der Waals surface area (Å²) in [5.74, 6) is 5.60. The van der Waals surface area contributed by atoms with Crippen LogP contribution in [-0.2, 0) is 6.54 Å². The lowest BCUT2D eigenvalue weighted by atomic mass is 10.2. The van der Waals surface area contributed by atoms with Crippen molar-refractivity contribution in [1.82, 2.24) is 10.1 Å². The van der Waals surface area contributed by atoms with Gasteiger partial charge in [-0.05, 0) is 36.8 Å². The van der Waals surface area contributed by atoms with E-state index in [1.165, 1.54) is 21.5 Å². The van der Waals surface area contributed by atoms with E-state index in [0.29, 0.717) is 5.84 Å². The molecule has 0 bridgehead atoms. The van der Waals surface area contributed by atoms with Gasteiger partial charge in [-0.3, -0.25) is 0 Å². The van der Waals surface area contributed by atoms with E-state index in [1.54, 1.807) is 11.8 Å².